The van der Waals surface area contributed by atoms with Crippen LogP contribution in [0.15, 0.2) is 36.4 Å². The van der Waals surface area contributed by atoms with Gasteiger partial charge in [-0.05, 0) is 68.7 Å². The Kier molecular flexibility index (Phi) is 6.15. The van der Waals surface area contributed by atoms with Gasteiger partial charge in [-0.1, -0.05) is 29.8 Å². The third kappa shape index (κ3) is 4.79. The lowest BCUT2D eigenvalue weighted by molar-refractivity contribution is 0.0601. The van der Waals surface area contributed by atoms with E-state index in [4.69, 9.17) is 17.0 Å². The van der Waals surface area contributed by atoms with E-state index in [9.17, 15) is 4.79 Å². The second-order valence-electron chi connectivity index (χ2n) is 6.20. The molecular formula is C20H24N2O2S. The molecule has 4 nitrogen and oxygen atoms in total. The van der Waals surface area contributed by atoms with Gasteiger partial charge in [-0.3, -0.25) is 0 Å². The van der Waals surface area contributed by atoms with Gasteiger partial charge in [-0.2, -0.15) is 0 Å². The number of hydrogen-bond acceptors (Lipinski definition) is 3. The average Bonchev–Trinajstić information content (AvgIpc) is 2.55. The Morgan fingerprint density at radius 2 is 1.80 bits per heavy atom. The van der Waals surface area contributed by atoms with Gasteiger partial charge in [0.2, 0.25) is 0 Å². The van der Waals surface area contributed by atoms with Gasteiger partial charge >= 0.3 is 5.97 Å². The number of anilines is 1. The van der Waals surface area contributed by atoms with Crippen LogP contribution in [0.2, 0.25) is 0 Å². The quantitative estimate of drug-likeness (QED) is 0.626. The molecule has 0 fully saturated rings. The molecule has 1 atom stereocenters. The van der Waals surface area contributed by atoms with Crippen LogP contribution in [-0.4, -0.2) is 18.2 Å². The van der Waals surface area contributed by atoms with Crippen LogP contribution in [0.25, 0.3) is 0 Å². The first-order chi connectivity index (χ1) is 11.8. The van der Waals surface area contributed by atoms with E-state index < -0.39 is 0 Å². The summed E-state index contributed by atoms with van der Waals surface area (Å²) in [6.45, 7) is 8.21. The molecule has 25 heavy (non-hydrogen) atoms. The van der Waals surface area contributed by atoms with Crippen LogP contribution >= 0.6 is 12.2 Å². The number of esters is 1. The van der Waals surface area contributed by atoms with Crippen molar-refractivity contribution in [1.29, 1.82) is 0 Å². The van der Waals surface area contributed by atoms with Crippen molar-refractivity contribution in [3.8, 4) is 0 Å². The van der Waals surface area contributed by atoms with Gasteiger partial charge in [0.15, 0.2) is 5.11 Å². The largest absolute Gasteiger partial charge is 0.465 e. The minimum absolute atomic E-state index is 0.0738. The smallest absolute Gasteiger partial charge is 0.337 e. The van der Waals surface area contributed by atoms with Crippen LogP contribution in [0.4, 0.5) is 5.69 Å². The summed E-state index contributed by atoms with van der Waals surface area (Å²) in [6, 6.07) is 11.8. The Hall–Kier alpha value is -2.40. The number of benzene rings is 2. The third-order valence-electron chi connectivity index (χ3n) is 4.15. The molecule has 0 amide bonds. The highest BCUT2D eigenvalue weighted by molar-refractivity contribution is 7.80. The van der Waals surface area contributed by atoms with Crippen molar-refractivity contribution >= 4 is 29.0 Å². The number of nitrogens with one attached hydrogen (secondary N) is 2. The molecule has 0 bridgehead atoms. The van der Waals surface area contributed by atoms with E-state index in [0.29, 0.717) is 10.7 Å². The number of hydrogen-bond donors (Lipinski definition) is 2. The summed E-state index contributed by atoms with van der Waals surface area (Å²) in [5, 5.41) is 6.98. The van der Waals surface area contributed by atoms with Crippen molar-refractivity contribution in [2.45, 2.75) is 33.7 Å². The Labute approximate surface area is 154 Å². The number of carbonyl (C=O) groups excluding carboxylic acids is 1. The molecule has 0 aliphatic heterocycles. The summed E-state index contributed by atoms with van der Waals surface area (Å²) in [5.41, 5.74) is 5.94. The number of thiocarbonyl (C=S) groups is 1. The van der Waals surface area contributed by atoms with Crippen LogP contribution < -0.4 is 10.6 Å². The number of aryl methyl sites for hydroxylation is 3. The Bertz CT molecular complexity index is 802. The SMILES string of the molecule is COC(=O)c1ccc(C)c(NC(=S)N[C@@H](C)c2ccc(C)cc2C)c1. The van der Waals surface area contributed by atoms with Crippen molar-refractivity contribution < 1.29 is 9.53 Å². The van der Waals surface area contributed by atoms with E-state index in [1.54, 1.807) is 12.1 Å². The number of methoxy groups -OCH3 is 1. The molecule has 0 radical (unpaired) electrons. The van der Waals surface area contributed by atoms with E-state index in [-0.39, 0.29) is 12.0 Å². The van der Waals surface area contributed by atoms with Crippen molar-refractivity contribution in [3.63, 3.8) is 0 Å². The molecule has 0 aliphatic rings. The zero-order chi connectivity index (χ0) is 18.6. The Morgan fingerprint density at radius 1 is 1.08 bits per heavy atom. The fourth-order valence-electron chi connectivity index (χ4n) is 2.75. The second kappa shape index (κ2) is 8.12. The Balaban J connectivity index is 2.10. The minimum Gasteiger partial charge on any atom is -0.465 e. The van der Waals surface area contributed by atoms with E-state index in [0.717, 1.165) is 11.3 Å². The molecule has 2 aromatic rings. The topological polar surface area (TPSA) is 50.4 Å². The first-order valence-electron chi connectivity index (χ1n) is 8.15. The molecular weight excluding hydrogens is 332 g/mol. The van der Waals surface area contributed by atoms with Crippen LogP contribution in [0, 0.1) is 20.8 Å². The molecule has 132 valence electrons. The molecule has 0 aliphatic carbocycles. The lowest BCUT2D eigenvalue weighted by atomic mass is 10.0. The zero-order valence-electron chi connectivity index (χ0n) is 15.3. The molecule has 2 N–H and O–H groups in total. The van der Waals surface area contributed by atoms with Crippen molar-refractivity contribution in [2.24, 2.45) is 0 Å². The molecule has 2 rings (SSSR count). The molecule has 0 saturated carbocycles. The van der Waals surface area contributed by atoms with Crippen LogP contribution in [0.5, 0.6) is 0 Å². The highest BCUT2D eigenvalue weighted by Gasteiger charge is 2.12. The second-order valence-corrected chi connectivity index (χ2v) is 6.61. The maximum absolute atomic E-state index is 11.7. The van der Waals surface area contributed by atoms with E-state index in [2.05, 4.69) is 49.6 Å². The van der Waals surface area contributed by atoms with Crippen molar-refractivity contribution in [1.82, 2.24) is 5.32 Å². The van der Waals surface area contributed by atoms with Gasteiger partial charge < -0.3 is 15.4 Å². The first kappa shape index (κ1) is 18.9. The fourth-order valence-corrected chi connectivity index (χ4v) is 3.03. The van der Waals surface area contributed by atoms with Gasteiger partial charge in [0.25, 0.3) is 0 Å². The van der Waals surface area contributed by atoms with Crippen molar-refractivity contribution in [2.75, 3.05) is 12.4 Å². The standard InChI is InChI=1S/C20H24N2O2S/c1-12-6-9-17(14(3)10-12)15(4)21-20(25)22-18-11-16(19(23)24-5)8-7-13(18)2/h6-11,15H,1-5H3,(H2,21,22,25)/t15-/m0/s1. The minimum atomic E-state index is -0.370. The summed E-state index contributed by atoms with van der Waals surface area (Å²) in [5.74, 6) is -0.370. The van der Waals surface area contributed by atoms with Crippen LogP contribution in [0.3, 0.4) is 0 Å². The highest BCUT2D eigenvalue weighted by atomic mass is 32.1. The van der Waals surface area contributed by atoms with Gasteiger partial charge in [-0.15, -0.1) is 0 Å². The van der Waals surface area contributed by atoms with E-state index in [1.807, 2.05) is 13.0 Å². The summed E-state index contributed by atoms with van der Waals surface area (Å²) in [6.07, 6.45) is 0. The average molecular weight is 356 g/mol. The van der Waals surface area contributed by atoms with E-state index in [1.165, 1.54) is 23.8 Å². The molecule has 2 aromatic carbocycles. The van der Waals surface area contributed by atoms with Gasteiger partial charge in [0.05, 0.1) is 18.7 Å². The summed E-state index contributed by atoms with van der Waals surface area (Å²) < 4.78 is 4.77. The molecule has 0 saturated heterocycles. The van der Waals surface area contributed by atoms with Crippen LogP contribution in [0.1, 0.15) is 45.6 Å². The first-order valence-corrected chi connectivity index (χ1v) is 8.56. The van der Waals surface area contributed by atoms with E-state index >= 15 is 0 Å². The maximum Gasteiger partial charge on any atom is 0.337 e. The monoisotopic (exact) mass is 356 g/mol. The number of rotatable bonds is 4. The fraction of sp³-hybridized carbons (Fsp3) is 0.300. The summed E-state index contributed by atoms with van der Waals surface area (Å²) in [7, 11) is 1.37. The molecule has 0 unspecified atom stereocenters. The predicted octanol–water partition coefficient (Wildman–Crippen LogP) is 4.45. The highest BCUT2D eigenvalue weighted by Crippen LogP contribution is 2.20. The summed E-state index contributed by atoms with van der Waals surface area (Å²) >= 11 is 5.44. The predicted molar refractivity (Wildman–Crippen MR) is 106 cm³/mol. The van der Waals surface area contributed by atoms with Gasteiger partial charge in [0, 0.05) is 5.69 Å². The summed E-state index contributed by atoms with van der Waals surface area (Å²) in [4.78, 5) is 11.7. The normalized spacial score (nSPS) is 11.6. The molecule has 0 heterocycles. The van der Waals surface area contributed by atoms with Gasteiger partial charge in [0.1, 0.15) is 0 Å². The number of carbonyl (C=O) groups is 1. The maximum atomic E-state index is 11.7. The van der Waals surface area contributed by atoms with Crippen molar-refractivity contribution in [3.05, 3.63) is 64.2 Å². The molecule has 5 heteroatoms. The zero-order valence-corrected chi connectivity index (χ0v) is 16.1. The molecule has 0 aromatic heterocycles. The van der Waals surface area contributed by atoms with Crippen LogP contribution in [-0.2, 0) is 4.74 Å². The van der Waals surface area contributed by atoms with Gasteiger partial charge in [-0.25, -0.2) is 4.79 Å². The molecule has 0 spiro atoms. The lowest BCUT2D eigenvalue weighted by Gasteiger charge is -2.20. The Morgan fingerprint density at radius 3 is 2.44 bits per heavy atom. The number of ether oxygens (including phenoxy) is 1. The lowest BCUT2D eigenvalue weighted by Crippen LogP contribution is -2.31. The third-order valence-corrected chi connectivity index (χ3v) is 4.37.